The lowest BCUT2D eigenvalue weighted by molar-refractivity contribution is -0.122. The van der Waals surface area contributed by atoms with E-state index in [0.717, 1.165) is 17.9 Å². The number of hydrogen-bond donors (Lipinski definition) is 0. The Hall–Kier alpha value is -1.51. The molecule has 0 saturated heterocycles. The molecule has 0 aromatic heterocycles. The average molecular weight is 250 g/mol. The van der Waals surface area contributed by atoms with Crippen LogP contribution in [0, 0.1) is 5.92 Å². The van der Waals surface area contributed by atoms with Gasteiger partial charge in [-0.25, -0.2) is 0 Å². The van der Waals surface area contributed by atoms with Gasteiger partial charge in [-0.3, -0.25) is 4.79 Å². The summed E-state index contributed by atoms with van der Waals surface area (Å²) in [6.45, 7) is 6.95. The number of ketones is 1. The molecule has 0 aliphatic carbocycles. The van der Waals surface area contributed by atoms with E-state index in [4.69, 9.17) is 9.47 Å². The maximum Gasteiger partial charge on any atom is 0.161 e. The molecular weight excluding hydrogens is 228 g/mol. The first-order valence-electron chi connectivity index (χ1n) is 6.52. The first kappa shape index (κ1) is 14.6. The molecule has 3 nitrogen and oxygen atoms in total. The van der Waals surface area contributed by atoms with Gasteiger partial charge in [0, 0.05) is 12.3 Å². The summed E-state index contributed by atoms with van der Waals surface area (Å²) in [6, 6.07) is 7.60. The highest BCUT2D eigenvalue weighted by Gasteiger charge is 2.07. The molecule has 0 N–H and O–H groups in total. The van der Waals surface area contributed by atoms with Crippen LogP contribution in [0.25, 0.3) is 0 Å². The molecule has 1 rings (SSSR count). The van der Waals surface area contributed by atoms with Gasteiger partial charge in [0.1, 0.15) is 5.78 Å². The molecule has 0 unspecified atom stereocenters. The van der Waals surface area contributed by atoms with E-state index >= 15 is 0 Å². The van der Waals surface area contributed by atoms with Gasteiger partial charge in [-0.2, -0.15) is 0 Å². The van der Waals surface area contributed by atoms with Crippen molar-refractivity contribution in [1.82, 2.24) is 0 Å². The fourth-order valence-corrected chi connectivity index (χ4v) is 1.56. The van der Waals surface area contributed by atoms with Crippen LogP contribution in [0.4, 0.5) is 0 Å². The average Bonchev–Trinajstić information content (AvgIpc) is 2.36. The molecule has 1 aromatic rings. The zero-order valence-electron chi connectivity index (χ0n) is 11.4. The van der Waals surface area contributed by atoms with E-state index in [1.807, 2.05) is 45.0 Å². The van der Waals surface area contributed by atoms with E-state index in [1.165, 1.54) is 0 Å². The normalized spacial score (nSPS) is 10.4. The summed E-state index contributed by atoms with van der Waals surface area (Å²) in [6.07, 6.45) is 1.33. The number of carbonyl (C=O) groups is 1. The molecule has 18 heavy (non-hydrogen) atoms. The van der Waals surface area contributed by atoms with Gasteiger partial charge in [0.25, 0.3) is 0 Å². The van der Waals surface area contributed by atoms with Gasteiger partial charge >= 0.3 is 0 Å². The summed E-state index contributed by atoms with van der Waals surface area (Å²) in [7, 11) is 0. The lowest BCUT2D eigenvalue weighted by Gasteiger charge is -2.11. The van der Waals surface area contributed by atoms with E-state index in [0.29, 0.717) is 19.6 Å². The van der Waals surface area contributed by atoms with Crippen molar-refractivity contribution in [3.63, 3.8) is 0 Å². The molecule has 0 aliphatic heterocycles. The molecule has 0 bridgehead atoms. The highest BCUT2D eigenvalue weighted by atomic mass is 16.5. The second-order valence-electron chi connectivity index (χ2n) is 4.45. The second kappa shape index (κ2) is 7.75. The first-order chi connectivity index (χ1) is 8.65. The fourth-order valence-electron chi connectivity index (χ4n) is 1.56. The van der Waals surface area contributed by atoms with Crippen molar-refractivity contribution < 1.29 is 14.3 Å². The highest BCUT2D eigenvalue weighted by Crippen LogP contribution is 2.26. The number of rotatable bonds is 8. The summed E-state index contributed by atoms with van der Waals surface area (Å²) in [5.41, 5.74) is 0. The third-order valence-electron chi connectivity index (χ3n) is 2.62. The van der Waals surface area contributed by atoms with Gasteiger partial charge in [0.2, 0.25) is 0 Å². The van der Waals surface area contributed by atoms with Gasteiger partial charge in [-0.05, 0) is 25.5 Å². The Kier molecular flexibility index (Phi) is 6.26. The third kappa shape index (κ3) is 4.78. The second-order valence-corrected chi connectivity index (χ2v) is 4.45. The van der Waals surface area contributed by atoms with Crippen molar-refractivity contribution in [3.05, 3.63) is 24.3 Å². The first-order valence-corrected chi connectivity index (χ1v) is 6.52. The number of ether oxygens (including phenoxy) is 2. The van der Waals surface area contributed by atoms with Crippen LogP contribution >= 0.6 is 0 Å². The molecule has 0 saturated carbocycles. The molecule has 0 amide bonds. The zero-order valence-corrected chi connectivity index (χ0v) is 11.4. The summed E-state index contributed by atoms with van der Waals surface area (Å²) in [4.78, 5) is 11.4. The summed E-state index contributed by atoms with van der Waals surface area (Å²) in [5, 5.41) is 0. The van der Waals surface area contributed by atoms with E-state index in [-0.39, 0.29) is 11.7 Å². The van der Waals surface area contributed by atoms with Crippen LogP contribution in [0.1, 0.15) is 33.6 Å². The Bertz CT molecular complexity index is 372. The minimum Gasteiger partial charge on any atom is -0.490 e. The highest BCUT2D eigenvalue weighted by molar-refractivity contribution is 5.80. The van der Waals surface area contributed by atoms with Crippen LogP contribution in [0.2, 0.25) is 0 Å². The maximum atomic E-state index is 11.4. The smallest absolute Gasteiger partial charge is 0.161 e. The van der Waals surface area contributed by atoms with Crippen LogP contribution in [-0.2, 0) is 4.79 Å². The topological polar surface area (TPSA) is 35.5 Å². The molecule has 0 aliphatic rings. The summed E-state index contributed by atoms with van der Waals surface area (Å²) < 4.78 is 11.1. The minimum atomic E-state index is 0.112. The lowest BCUT2D eigenvalue weighted by atomic mass is 10.1. The van der Waals surface area contributed by atoms with Gasteiger partial charge in [-0.15, -0.1) is 0 Å². The van der Waals surface area contributed by atoms with Crippen molar-refractivity contribution in [3.8, 4) is 11.5 Å². The molecule has 0 radical (unpaired) electrons. The van der Waals surface area contributed by atoms with Crippen LogP contribution in [-0.4, -0.2) is 19.0 Å². The summed E-state index contributed by atoms with van der Waals surface area (Å²) >= 11 is 0. The Morgan fingerprint density at radius 1 is 1.17 bits per heavy atom. The molecule has 1 aromatic carbocycles. The van der Waals surface area contributed by atoms with Crippen LogP contribution in [0.5, 0.6) is 11.5 Å². The lowest BCUT2D eigenvalue weighted by Crippen LogP contribution is -2.09. The Balaban J connectivity index is 2.37. The molecule has 0 fully saturated rings. The van der Waals surface area contributed by atoms with Gasteiger partial charge in [0.05, 0.1) is 13.2 Å². The molecule has 0 heterocycles. The van der Waals surface area contributed by atoms with Crippen molar-refractivity contribution in [2.75, 3.05) is 13.2 Å². The number of para-hydroxylation sites is 2. The van der Waals surface area contributed by atoms with Crippen molar-refractivity contribution in [2.45, 2.75) is 33.6 Å². The Labute approximate surface area is 109 Å². The van der Waals surface area contributed by atoms with Gasteiger partial charge < -0.3 is 9.47 Å². The number of benzene rings is 1. The van der Waals surface area contributed by atoms with E-state index in [2.05, 4.69) is 0 Å². The predicted molar refractivity (Wildman–Crippen MR) is 72.2 cm³/mol. The van der Waals surface area contributed by atoms with Crippen molar-refractivity contribution >= 4 is 5.78 Å². The largest absolute Gasteiger partial charge is 0.490 e. The van der Waals surface area contributed by atoms with Gasteiger partial charge in [-0.1, -0.05) is 26.0 Å². The standard InChI is InChI=1S/C15H22O3/c1-4-17-14-9-5-6-10-15(14)18-11-7-8-13(16)12(2)3/h5-6,9-10,12H,4,7-8,11H2,1-3H3. The number of carbonyl (C=O) groups excluding carboxylic acids is 1. The number of Topliss-reactive ketones (excluding diaryl/α,β-unsaturated/α-hetero) is 1. The van der Waals surface area contributed by atoms with Crippen LogP contribution in [0.3, 0.4) is 0 Å². The fraction of sp³-hybridized carbons (Fsp3) is 0.533. The van der Waals surface area contributed by atoms with Gasteiger partial charge in [0.15, 0.2) is 11.5 Å². The Morgan fingerprint density at radius 2 is 1.78 bits per heavy atom. The molecular formula is C15H22O3. The molecule has 3 heteroatoms. The predicted octanol–water partition coefficient (Wildman–Crippen LogP) is 3.47. The van der Waals surface area contributed by atoms with E-state index < -0.39 is 0 Å². The van der Waals surface area contributed by atoms with Crippen molar-refractivity contribution in [1.29, 1.82) is 0 Å². The van der Waals surface area contributed by atoms with Crippen molar-refractivity contribution in [2.24, 2.45) is 5.92 Å². The van der Waals surface area contributed by atoms with Crippen LogP contribution in [0.15, 0.2) is 24.3 Å². The molecule has 0 atom stereocenters. The zero-order chi connectivity index (χ0) is 13.4. The maximum absolute atomic E-state index is 11.4. The SMILES string of the molecule is CCOc1ccccc1OCCCC(=O)C(C)C. The minimum absolute atomic E-state index is 0.112. The van der Waals surface area contributed by atoms with Crippen LogP contribution < -0.4 is 9.47 Å². The quantitative estimate of drug-likeness (QED) is 0.663. The molecule has 0 spiro atoms. The summed E-state index contributed by atoms with van der Waals surface area (Å²) in [5.74, 6) is 1.91. The monoisotopic (exact) mass is 250 g/mol. The van der Waals surface area contributed by atoms with E-state index in [1.54, 1.807) is 0 Å². The third-order valence-corrected chi connectivity index (χ3v) is 2.62. The number of hydrogen-bond acceptors (Lipinski definition) is 3. The Morgan fingerprint density at radius 3 is 2.33 bits per heavy atom. The van der Waals surface area contributed by atoms with E-state index in [9.17, 15) is 4.79 Å². The molecule has 100 valence electrons.